The Morgan fingerprint density at radius 1 is 1.36 bits per heavy atom. The van der Waals surface area contributed by atoms with Crippen LogP contribution in [0.1, 0.15) is 20.3 Å². The summed E-state index contributed by atoms with van der Waals surface area (Å²) in [4.78, 5) is 11.2. The molecule has 1 aromatic rings. The zero-order valence-electron chi connectivity index (χ0n) is 12.2. The lowest BCUT2D eigenvalue weighted by Crippen LogP contribution is -2.46. The number of benzene rings is 1. The second-order valence-corrected chi connectivity index (χ2v) is 6.84. The number of primary sulfonamides is 1. The van der Waals surface area contributed by atoms with E-state index in [0.717, 1.165) is 0 Å². The third-order valence-corrected chi connectivity index (χ3v) is 4.36. The van der Waals surface area contributed by atoms with Crippen LogP contribution in [0.4, 0.5) is 5.69 Å². The number of hydrogen-bond acceptors (Lipinski definition) is 4. The summed E-state index contributed by atoms with van der Waals surface area (Å²) in [5, 5.41) is 19.9. The predicted octanol–water partition coefficient (Wildman–Crippen LogP) is 1.12. The van der Waals surface area contributed by atoms with Crippen molar-refractivity contribution in [1.29, 1.82) is 0 Å². The first kappa shape index (κ1) is 18.3. The lowest BCUT2D eigenvalue weighted by Gasteiger charge is -2.22. The fourth-order valence-corrected chi connectivity index (χ4v) is 2.48. The normalized spacial score (nSPS) is 14.0. The van der Waals surface area contributed by atoms with E-state index in [2.05, 4.69) is 10.6 Å². The van der Waals surface area contributed by atoms with E-state index in [0.29, 0.717) is 12.1 Å². The van der Waals surface area contributed by atoms with Crippen LogP contribution in [0.15, 0.2) is 29.2 Å². The molecule has 0 saturated carbocycles. The van der Waals surface area contributed by atoms with Gasteiger partial charge in [0.2, 0.25) is 10.0 Å². The molecule has 5 N–H and O–H groups in total. The zero-order chi connectivity index (χ0) is 16.9. The SMILES string of the molecule is CC[C@H](C)[C@H](NC(=S)Nc1ccc(S(N)(=O)=O)cc1)C(=O)O. The second kappa shape index (κ2) is 7.52. The van der Waals surface area contributed by atoms with Crippen molar-refractivity contribution in [2.24, 2.45) is 11.1 Å². The van der Waals surface area contributed by atoms with Gasteiger partial charge in [-0.1, -0.05) is 20.3 Å². The highest BCUT2D eigenvalue weighted by Gasteiger charge is 2.24. The molecule has 0 aliphatic carbocycles. The summed E-state index contributed by atoms with van der Waals surface area (Å²) >= 11 is 5.08. The van der Waals surface area contributed by atoms with Crippen molar-refractivity contribution in [3.8, 4) is 0 Å². The van der Waals surface area contributed by atoms with Crippen molar-refractivity contribution in [1.82, 2.24) is 5.32 Å². The van der Waals surface area contributed by atoms with Crippen LogP contribution in [0.5, 0.6) is 0 Å². The van der Waals surface area contributed by atoms with E-state index in [4.69, 9.17) is 17.4 Å². The number of nitrogens with two attached hydrogens (primary N) is 1. The minimum atomic E-state index is -3.75. The second-order valence-electron chi connectivity index (χ2n) is 4.87. The summed E-state index contributed by atoms with van der Waals surface area (Å²) in [5.41, 5.74) is 0.526. The number of sulfonamides is 1. The highest BCUT2D eigenvalue weighted by Crippen LogP contribution is 2.13. The minimum absolute atomic E-state index is 0.0139. The quantitative estimate of drug-likeness (QED) is 0.570. The molecule has 0 saturated heterocycles. The summed E-state index contributed by atoms with van der Waals surface area (Å²) in [6.07, 6.45) is 0.690. The first-order chi connectivity index (χ1) is 10.1. The topological polar surface area (TPSA) is 122 Å². The summed E-state index contributed by atoms with van der Waals surface area (Å²) in [6, 6.07) is 4.86. The molecule has 1 rings (SSSR count). The molecule has 1 aromatic carbocycles. The lowest BCUT2D eigenvalue weighted by molar-refractivity contribution is -0.140. The van der Waals surface area contributed by atoms with Gasteiger partial charge in [0.15, 0.2) is 5.11 Å². The predicted molar refractivity (Wildman–Crippen MR) is 88.1 cm³/mol. The Labute approximate surface area is 135 Å². The summed E-state index contributed by atoms with van der Waals surface area (Å²) in [6.45, 7) is 3.71. The van der Waals surface area contributed by atoms with Crippen molar-refractivity contribution < 1.29 is 18.3 Å². The van der Waals surface area contributed by atoms with Crippen LogP contribution in [0.2, 0.25) is 0 Å². The van der Waals surface area contributed by atoms with Crippen molar-refractivity contribution >= 4 is 39.0 Å². The van der Waals surface area contributed by atoms with Gasteiger partial charge < -0.3 is 15.7 Å². The van der Waals surface area contributed by atoms with Crippen LogP contribution >= 0.6 is 12.2 Å². The van der Waals surface area contributed by atoms with E-state index in [9.17, 15) is 18.3 Å². The van der Waals surface area contributed by atoms with Crippen LogP contribution in [-0.4, -0.2) is 30.6 Å². The molecule has 0 unspecified atom stereocenters. The summed E-state index contributed by atoms with van der Waals surface area (Å²) < 4.78 is 22.3. The Morgan fingerprint density at radius 3 is 2.32 bits per heavy atom. The Balaban J connectivity index is 2.74. The third kappa shape index (κ3) is 5.24. The van der Waals surface area contributed by atoms with Gasteiger partial charge in [-0.2, -0.15) is 0 Å². The van der Waals surface area contributed by atoms with Gasteiger partial charge in [0.05, 0.1) is 4.90 Å². The van der Waals surface area contributed by atoms with E-state index >= 15 is 0 Å². The molecule has 22 heavy (non-hydrogen) atoms. The average Bonchev–Trinajstić information content (AvgIpc) is 2.43. The Bertz CT molecular complexity index is 644. The summed E-state index contributed by atoms with van der Waals surface area (Å²) in [7, 11) is -3.75. The smallest absolute Gasteiger partial charge is 0.326 e. The summed E-state index contributed by atoms with van der Waals surface area (Å²) in [5.74, 6) is -1.08. The van der Waals surface area contributed by atoms with Crippen LogP contribution < -0.4 is 15.8 Å². The van der Waals surface area contributed by atoms with E-state index in [1.165, 1.54) is 24.3 Å². The molecule has 0 amide bonds. The molecule has 7 nitrogen and oxygen atoms in total. The van der Waals surface area contributed by atoms with Gasteiger partial charge in [0.25, 0.3) is 0 Å². The third-order valence-electron chi connectivity index (χ3n) is 3.21. The number of carbonyl (C=O) groups is 1. The van der Waals surface area contributed by atoms with E-state index in [1.54, 1.807) is 0 Å². The molecule has 0 aliphatic rings. The lowest BCUT2D eigenvalue weighted by atomic mass is 10.00. The molecule has 122 valence electrons. The van der Waals surface area contributed by atoms with Crippen LogP contribution in [-0.2, 0) is 14.8 Å². The fourth-order valence-electron chi connectivity index (χ4n) is 1.72. The van der Waals surface area contributed by atoms with Crippen LogP contribution in [0.3, 0.4) is 0 Å². The first-order valence-corrected chi connectivity index (χ1v) is 8.53. The highest BCUT2D eigenvalue weighted by molar-refractivity contribution is 7.89. The molecule has 0 fully saturated rings. The van der Waals surface area contributed by atoms with Crippen molar-refractivity contribution in [3.63, 3.8) is 0 Å². The number of carboxylic acid groups (broad SMARTS) is 1. The van der Waals surface area contributed by atoms with Gasteiger partial charge in [-0.15, -0.1) is 0 Å². The molecular weight excluding hydrogens is 326 g/mol. The minimum Gasteiger partial charge on any atom is -0.480 e. The maximum absolute atomic E-state index is 11.2. The Hall–Kier alpha value is -1.71. The maximum Gasteiger partial charge on any atom is 0.326 e. The number of hydrogen-bond donors (Lipinski definition) is 4. The number of aliphatic carboxylic acids is 1. The number of anilines is 1. The number of nitrogens with one attached hydrogen (secondary N) is 2. The Kier molecular flexibility index (Phi) is 6.27. The monoisotopic (exact) mass is 345 g/mol. The molecule has 0 spiro atoms. The molecule has 0 radical (unpaired) electrons. The van der Waals surface area contributed by atoms with Gasteiger partial charge in [-0.25, -0.2) is 18.4 Å². The zero-order valence-corrected chi connectivity index (χ0v) is 13.9. The molecule has 0 aliphatic heterocycles. The van der Waals surface area contributed by atoms with Crippen molar-refractivity contribution in [3.05, 3.63) is 24.3 Å². The van der Waals surface area contributed by atoms with Gasteiger partial charge >= 0.3 is 5.97 Å². The number of thiocarbonyl (C=S) groups is 1. The highest BCUT2D eigenvalue weighted by atomic mass is 32.2. The van der Waals surface area contributed by atoms with Gasteiger partial charge in [-0.05, 0) is 42.4 Å². The first-order valence-electron chi connectivity index (χ1n) is 6.58. The van der Waals surface area contributed by atoms with Crippen LogP contribution in [0.25, 0.3) is 0 Å². The van der Waals surface area contributed by atoms with Gasteiger partial charge in [-0.3, -0.25) is 0 Å². The van der Waals surface area contributed by atoms with Crippen molar-refractivity contribution in [2.75, 3.05) is 5.32 Å². The van der Waals surface area contributed by atoms with Crippen molar-refractivity contribution in [2.45, 2.75) is 31.2 Å². The standard InChI is InChI=1S/C13H19N3O4S2/c1-3-8(2)11(12(17)18)16-13(21)15-9-4-6-10(7-5-9)22(14,19)20/h4-8,11H,3H2,1-2H3,(H,17,18)(H2,14,19,20)(H2,15,16,21)/t8-,11-/m0/s1. The van der Waals surface area contributed by atoms with Gasteiger partial charge in [0.1, 0.15) is 6.04 Å². The largest absolute Gasteiger partial charge is 0.480 e. The van der Waals surface area contributed by atoms with Crippen LogP contribution in [0, 0.1) is 5.92 Å². The number of rotatable bonds is 6. The molecule has 2 atom stereocenters. The molecule has 0 bridgehead atoms. The fraction of sp³-hybridized carbons (Fsp3) is 0.385. The van der Waals surface area contributed by atoms with E-state index < -0.39 is 22.0 Å². The molecule has 0 aromatic heterocycles. The maximum atomic E-state index is 11.2. The number of carboxylic acids is 1. The van der Waals surface area contributed by atoms with E-state index in [-0.39, 0.29) is 15.9 Å². The molecule has 0 heterocycles. The average molecular weight is 345 g/mol. The Morgan fingerprint density at radius 2 is 1.91 bits per heavy atom. The molecule has 9 heteroatoms. The molecular formula is C13H19N3O4S2. The van der Waals surface area contributed by atoms with Gasteiger partial charge in [0, 0.05) is 5.69 Å². The van der Waals surface area contributed by atoms with E-state index in [1.807, 2.05) is 13.8 Å².